The monoisotopic (exact) mass is 241 g/mol. The summed E-state index contributed by atoms with van der Waals surface area (Å²) in [5.41, 5.74) is 10.1. The standard InChI is InChI=1S/C14H23N.ClH/c1-10(2)5-8-14(15)13-9-11(3)6-7-12(13)4;/h6-7,9-10,14H,5,8,15H2,1-4H3;1H/t14-;/m1./s1. The van der Waals surface area contributed by atoms with Crippen molar-refractivity contribution >= 4 is 12.4 Å². The van der Waals surface area contributed by atoms with E-state index in [1.165, 1.54) is 23.1 Å². The van der Waals surface area contributed by atoms with Crippen LogP contribution < -0.4 is 5.73 Å². The lowest BCUT2D eigenvalue weighted by Crippen LogP contribution is -2.12. The summed E-state index contributed by atoms with van der Waals surface area (Å²) in [5.74, 6) is 0.737. The zero-order chi connectivity index (χ0) is 11.4. The van der Waals surface area contributed by atoms with Gasteiger partial charge in [0.2, 0.25) is 0 Å². The molecule has 0 aliphatic rings. The minimum Gasteiger partial charge on any atom is -0.324 e. The molecule has 0 aliphatic heterocycles. The predicted octanol–water partition coefficient (Wildman–Crippen LogP) is 4.16. The molecule has 0 unspecified atom stereocenters. The lowest BCUT2D eigenvalue weighted by atomic mass is 9.94. The first-order valence-electron chi connectivity index (χ1n) is 5.83. The molecule has 0 fully saturated rings. The highest BCUT2D eigenvalue weighted by atomic mass is 35.5. The molecule has 92 valence electrons. The van der Waals surface area contributed by atoms with Crippen molar-refractivity contribution in [1.82, 2.24) is 0 Å². The van der Waals surface area contributed by atoms with Crippen molar-refractivity contribution in [1.29, 1.82) is 0 Å². The van der Waals surface area contributed by atoms with Gasteiger partial charge in [-0.05, 0) is 43.7 Å². The van der Waals surface area contributed by atoms with E-state index in [0.717, 1.165) is 12.3 Å². The fraction of sp³-hybridized carbons (Fsp3) is 0.571. The first kappa shape index (κ1) is 15.5. The maximum absolute atomic E-state index is 6.21. The molecule has 1 rings (SSSR count). The number of hydrogen-bond acceptors (Lipinski definition) is 1. The molecule has 0 radical (unpaired) electrons. The molecule has 1 atom stereocenters. The van der Waals surface area contributed by atoms with Gasteiger partial charge in [0.1, 0.15) is 0 Å². The molecule has 1 aromatic carbocycles. The van der Waals surface area contributed by atoms with Crippen molar-refractivity contribution in [3.8, 4) is 0 Å². The van der Waals surface area contributed by atoms with Crippen molar-refractivity contribution in [2.45, 2.75) is 46.6 Å². The Morgan fingerprint density at radius 3 is 2.31 bits per heavy atom. The molecule has 16 heavy (non-hydrogen) atoms. The smallest absolute Gasteiger partial charge is 0.0297 e. The van der Waals surface area contributed by atoms with E-state index in [1.54, 1.807) is 0 Å². The summed E-state index contributed by atoms with van der Waals surface area (Å²) < 4.78 is 0. The normalized spacial score (nSPS) is 12.4. The van der Waals surface area contributed by atoms with Crippen molar-refractivity contribution in [2.24, 2.45) is 11.7 Å². The van der Waals surface area contributed by atoms with E-state index in [-0.39, 0.29) is 18.4 Å². The molecular formula is C14H24ClN. The number of rotatable bonds is 4. The molecule has 1 aromatic rings. The summed E-state index contributed by atoms with van der Waals surface area (Å²) >= 11 is 0. The Morgan fingerprint density at radius 1 is 1.12 bits per heavy atom. The SMILES string of the molecule is Cc1ccc(C)c([C@H](N)CCC(C)C)c1.Cl. The molecule has 0 aliphatic carbocycles. The van der Waals surface area contributed by atoms with Gasteiger partial charge in [-0.1, -0.05) is 37.6 Å². The second-order valence-electron chi connectivity index (χ2n) is 4.94. The Labute approximate surface area is 106 Å². The van der Waals surface area contributed by atoms with Gasteiger partial charge in [0.05, 0.1) is 0 Å². The first-order chi connectivity index (χ1) is 7.00. The third-order valence-electron chi connectivity index (χ3n) is 2.89. The minimum atomic E-state index is 0. The van der Waals surface area contributed by atoms with E-state index in [1.807, 2.05) is 0 Å². The molecule has 1 nitrogen and oxygen atoms in total. The summed E-state index contributed by atoms with van der Waals surface area (Å²) in [6.45, 7) is 8.76. The summed E-state index contributed by atoms with van der Waals surface area (Å²) in [6.07, 6.45) is 2.29. The summed E-state index contributed by atoms with van der Waals surface area (Å²) in [6, 6.07) is 6.74. The molecule has 0 aromatic heterocycles. The number of benzene rings is 1. The second kappa shape index (κ2) is 6.93. The van der Waals surface area contributed by atoms with Gasteiger partial charge in [-0.2, -0.15) is 0 Å². The van der Waals surface area contributed by atoms with Gasteiger partial charge < -0.3 is 5.73 Å². The average Bonchev–Trinajstić information content (AvgIpc) is 2.18. The van der Waals surface area contributed by atoms with Crippen LogP contribution in [0.3, 0.4) is 0 Å². The lowest BCUT2D eigenvalue weighted by molar-refractivity contribution is 0.506. The van der Waals surface area contributed by atoms with Crippen LogP contribution in [0.15, 0.2) is 18.2 Å². The Hall–Kier alpha value is -0.530. The van der Waals surface area contributed by atoms with Crippen LogP contribution in [0.2, 0.25) is 0 Å². The van der Waals surface area contributed by atoms with Crippen molar-refractivity contribution < 1.29 is 0 Å². The Bertz CT molecular complexity index is 321. The van der Waals surface area contributed by atoms with Crippen molar-refractivity contribution in [3.05, 3.63) is 34.9 Å². The third kappa shape index (κ3) is 4.54. The highest BCUT2D eigenvalue weighted by Crippen LogP contribution is 2.22. The number of hydrogen-bond donors (Lipinski definition) is 1. The molecule has 2 N–H and O–H groups in total. The van der Waals surface area contributed by atoms with Gasteiger partial charge in [0.25, 0.3) is 0 Å². The number of nitrogens with two attached hydrogens (primary N) is 1. The topological polar surface area (TPSA) is 26.0 Å². The van der Waals surface area contributed by atoms with E-state index in [2.05, 4.69) is 45.9 Å². The Morgan fingerprint density at radius 2 is 1.75 bits per heavy atom. The molecule has 0 amide bonds. The molecular weight excluding hydrogens is 218 g/mol. The Kier molecular flexibility index (Phi) is 6.70. The van der Waals surface area contributed by atoms with Gasteiger partial charge in [-0.25, -0.2) is 0 Å². The molecule has 0 bridgehead atoms. The van der Waals surface area contributed by atoms with E-state index >= 15 is 0 Å². The van der Waals surface area contributed by atoms with Crippen LogP contribution in [0, 0.1) is 19.8 Å². The molecule has 0 heterocycles. The zero-order valence-electron chi connectivity index (χ0n) is 10.8. The first-order valence-corrected chi connectivity index (χ1v) is 5.83. The van der Waals surface area contributed by atoms with E-state index in [0.29, 0.717) is 0 Å². The van der Waals surface area contributed by atoms with Crippen LogP contribution in [0.5, 0.6) is 0 Å². The van der Waals surface area contributed by atoms with E-state index in [9.17, 15) is 0 Å². The third-order valence-corrected chi connectivity index (χ3v) is 2.89. The predicted molar refractivity (Wildman–Crippen MR) is 74.2 cm³/mol. The van der Waals surface area contributed by atoms with Crippen molar-refractivity contribution in [3.63, 3.8) is 0 Å². The van der Waals surface area contributed by atoms with Crippen LogP contribution in [-0.2, 0) is 0 Å². The number of aryl methyl sites for hydroxylation is 2. The quantitative estimate of drug-likeness (QED) is 0.842. The molecule has 0 saturated carbocycles. The van der Waals surface area contributed by atoms with Crippen LogP contribution in [0.25, 0.3) is 0 Å². The average molecular weight is 242 g/mol. The summed E-state index contributed by atoms with van der Waals surface area (Å²) in [5, 5.41) is 0. The summed E-state index contributed by atoms with van der Waals surface area (Å²) in [7, 11) is 0. The van der Waals surface area contributed by atoms with Gasteiger partial charge in [0, 0.05) is 6.04 Å². The zero-order valence-corrected chi connectivity index (χ0v) is 11.6. The lowest BCUT2D eigenvalue weighted by Gasteiger charge is -2.16. The largest absolute Gasteiger partial charge is 0.324 e. The van der Waals surface area contributed by atoms with Gasteiger partial charge in [-0.15, -0.1) is 12.4 Å². The van der Waals surface area contributed by atoms with Crippen LogP contribution in [0.4, 0.5) is 0 Å². The van der Waals surface area contributed by atoms with E-state index in [4.69, 9.17) is 5.73 Å². The maximum atomic E-state index is 6.21. The maximum Gasteiger partial charge on any atom is 0.0297 e. The molecule has 0 saturated heterocycles. The highest BCUT2D eigenvalue weighted by molar-refractivity contribution is 5.85. The summed E-state index contributed by atoms with van der Waals surface area (Å²) in [4.78, 5) is 0. The second-order valence-corrected chi connectivity index (χ2v) is 4.94. The van der Waals surface area contributed by atoms with Crippen LogP contribution >= 0.6 is 12.4 Å². The van der Waals surface area contributed by atoms with Crippen LogP contribution in [-0.4, -0.2) is 0 Å². The van der Waals surface area contributed by atoms with E-state index < -0.39 is 0 Å². The number of halogens is 1. The Balaban J connectivity index is 0.00000225. The van der Waals surface area contributed by atoms with Gasteiger partial charge >= 0.3 is 0 Å². The molecule has 0 spiro atoms. The fourth-order valence-corrected chi connectivity index (χ4v) is 1.83. The van der Waals surface area contributed by atoms with Crippen LogP contribution in [0.1, 0.15) is 49.4 Å². The molecule has 2 heteroatoms. The highest BCUT2D eigenvalue weighted by Gasteiger charge is 2.09. The fourth-order valence-electron chi connectivity index (χ4n) is 1.83. The van der Waals surface area contributed by atoms with Gasteiger partial charge in [0.15, 0.2) is 0 Å². The van der Waals surface area contributed by atoms with Gasteiger partial charge in [-0.3, -0.25) is 0 Å². The van der Waals surface area contributed by atoms with Crippen molar-refractivity contribution in [2.75, 3.05) is 0 Å². The minimum absolute atomic E-state index is 0.